The Balaban J connectivity index is 1.89. The number of aromatic nitrogens is 1. The van der Waals surface area contributed by atoms with Crippen LogP contribution in [0.25, 0.3) is 10.4 Å². The molecule has 0 bridgehead atoms. The van der Waals surface area contributed by atoms with Gasteiger partial charge in [-0.3, -0.25) is 10.5 Å². The highest BCUT2D eigenvalue weighted by atomic mass is 79.9. The molecule has 0 saturated heterocycles. The van der Waals surface area contributed by atoms with Crippen molar-refractivity contribution < 1.29 is 9.78 Å². The van der Waals surface area contributed by atoms with E-state index in [2.05, 4.69) is 38.4 Å². The van der Waals surface area contributed by atoms with E-state index in [0.29, 0.717) is 21.8 Å². The van der Waals surface area contributed by atoms with Crippen LogP contribution < -0.4 is 16.0 Å². The van der Waals surface area contributed by atoms with E-state index in [1.165, 1.54) is 11.3 Å². The molecule has 0 spiro atoms. The largest absolute Gasteiger partial charge is 0.324 e. The fraction of sp³-hybridized carbons (Fsp3) is 0.0526. The number of para-hydroxylation sites is 1. The molecular formula is C19H13BrN5OS2+. The standard InChI is InChI=1S/C19H12BrN5OS2/c20-13-4-1-2-5-14(13)24-16(26)10-28-19-12(9-22)17(15-6-3-7-27-15)11(8-21)18(23)25-19/h1-7H,10H2,(H2,23,25)(H,24,26)/p+1. The maximum absolute atomic E-state index is 12.3. The van der Waals surface area contributed by atoms with Crippen LogP contribution in [0.2, 0.25) is 0 Å². The van der Waals surface area contributed by atoms with E-state index in [9.17, 15) is 15.3 Å². The zero-order chi connectivity index (χ0) is 20.1. The van der Waals surface area contributed by atoms with Crippen molar-refractivity contribution in [3.63, 3.8) is 0 Å². The molecular weight excluding hydrogens is 458 g/mol. The number of anilines is 2. The Kier molecular flexibility index (Phi) is 6.32. The zero-order valence-corrected chi connectivity index (χ0v) is 17.5. The van der Waals surface area contributed by atoms with E-state index in [-0.39, 0.29) is 23.0 Å². The molecule has 2 aromatic heterocycles. The molecule has 0 aliphatic carbocycles. The second kappa shape index (κ2) is 8.89. The molecule has 28 heavy (non-hydrogen) atoms. The van der Waals surface area contributed by atoms with Crippen LogP contribution in [0.5, 0.6) is 0 Å². The summed E-state index contributed by atoms with van der Waals surface area (Å²) in [6, 6.07) is 15.2. The minimum absolute atomic E-state index is 0.0712. The van der Waals surface area contributed by atoms with Crippen LogP contribution in [0.3, 0.4) is 0 Å². The number of nitrogens with one attached hydrogen (secondary N) is 2. The first-order chi connectivity index (χ1) is 13.5. The number of pyridine rings is 1. The number of carbonyl (C=O) groups excluding carboxylic acids is 1. The zero-order valence-electron chi connectivity index (χ0n) is 14.3. The molecule has 0 radical (unpaired) electrons. The van der Waals surface area contributed by atoms with Gasteiger partial charge in [-0.15, -0.1) is 11.3 Å². The number of hydrogen-bond donors (Lipinski definition) is 2. The van der Waals surface area contributed by atoms with Gasteiger partial charge in [0, 0.05) is 14.9 Å². The molecule has 0 fully saturated rings. The SMILES string of the molecule is N#Cc1c(N)[nH+]c(SCC(=O)Nc2ccccc2Br)c(C#N)c1-c1cccs1. The lowest BCUT2D eigenvalue weighted by atomic mass is 10.0. The highest BCUT2D eigenvalue weighted by Crippen LogP contribution is 2.36. The molecule has 2 heterocycles. The molecule has 0 aliphatic rings. The number of amides is 1. The lowest BCUT2D eigenvalue weighted by molar-refractivity contribution is -0.410. The summed E-state index contributed by atoms with van der Waals surface area (Å²) in [7, 11) is 0. The number of nitriles is 2. The van der Waals surface area contributed by atoms with Crippen LogP contribution in [0.15, 0.2) is 51.3 Å². The molecule has 4 N–H and O–H groups in total. The van der Waals surface area contributed by atoms with Gasteiger partial charge in [-0.05, 0) is 39.5 Å². The Morgan fingerprint density at radius 3 is 2.61 bits per heavy atom. The third kappa shape index (κ3) is 4.18. The van der Waals surface area contributed by atoms with Crippen molar-refractivity contribution in [1.82, 2.24) is 0 Å². The minimum atomic E-state index is -0.227. The number of aromatic amines is 1. The number of thiophene rings is 1. The lowest BCUT2D eigenvalue weighted by Crippen LogP contribution is -2.20. The fourth-order valence-electron chi connectivity index (χ4n) is 2.51. The van der Waals surface area contributed by atoms with E-state index < -0.39 is 0 Å². The fourth-order valence-corrected chi connectivity index (χ4v) is 4.49. The van der Waals surface area contributed by atoms with Gasteiger partial charge in [-0.1, -0.05) is 30.0 Å². The smallest absolute Gasteiger partial charge is 0.289 e. The molecule has 1 amide bonds. The lowest BCUT2D eigenvalue weighted by Gasteiger charge is -2.09. The summed E-state index contributed by atoms with van der Waals surface area (Å²) in [5.74, 6) is 0.00951. The van der Waals surface area contributed by atoms with Crippen molar-refractivity contribution in [3.8, 4) is 22.6 Å². The first-order valence-corrected chi connectivity index (χ1v) is 10.6. The van der Waals surface area contributed by atoms with E-state index >= 15 is 0 Å². The van der Waals surface area contributed by atoms with E-state index in [1.54, 1.807) is 6.07 Å². The Morgan fingerprint density at radius 2 is 1.96 bits per heavy atom. The summed E-state index contributed by atoms with van der Waals surface area (Å²) in [4.78, 5) is 16.0. The van der Waals surface area contributed by atoms with Crippen LogP contribution in [0.1, 0.15) is 11.1 Å². The summed E-state index contributed by atoms with van der Waals surface area (Å²) in [5, 5.41) is 24.3. The highest BCUT2D eigenvalue weighted by molar-refractivity contribution is 9.10. The number of rotatable bonds is 5. The van der Waals surface area contributed by atoms with Gasteiger partial charge in [0.25, 0.3) is 5.82 Å². The van der Waals surface area contributed by atoms with Gasteiger partial charge in [-0.2, -0.15) is 10.5 Å². The van der Waals surface area contributed by atoms with Crippen LogP contribution in [0.4, 0.5) is 11.5 Å². The van der Waals surface area contributed by atoms with Crippen molar-refractivity contribution in [2.75, 3.05) is 16.8 Å². The molecule has 0 unspecified atom stereocenters. The average molecular weight is 471 g/mol. The number of halogens is 1. The Labute approximate surface area is 178 Å². The molecule has 0 atom stereocenters. The average Bonchev–Trinajstić information content (AvgIpc) is 3.22. The summed E-state index contributed by atoms with van der Waals surface area (Å²) < 4.78 is 0.778. The monoisotopic (exact) mass is 470 g/mol. The Morgan fingerprint density at radius 1 is 1.21 bits per heavy atom. The first kappa shape index (κ1) is 19.9. The number of thioether (sulfide) groups is 1. The van der Waals surface area contributed by atoms with Crippen molar-refractivity contribution in [3.05, 3.63) is 57.4 Å². The quantitative estimate of drug-likeness (QED) is 0.545. The van der Waals surface area contributed by atoms with Gasteiger partial charge in [0.1, 0.15) is 17.7 Å². The summed E-state index contributed by atoms with van der Waals surface area (Å²) in [5.41, 5.74) is 7.68. The number of nitrogen functional groups attached to an aromatic ring is 1. The van der Waals surface area contributed by atoms with Crippen LogP contribution in [0, 0.1) is 22.7 Å². The van der Waals surface area contributed by atoms with Crippen LogP contribution in [-0.2, 0) is 4.79 Å². The Bertz CT molecular complexity index is 1120. The molecule has 9 heteroatoms. The number of nitrogens with two attached hydrogens (primary N) is 1. The van der Waals surface area contributed by atoms with Gasteiger partial charge in [0.05, 0.1) is 11.4 Å². The summed E-state index contributed by atoms with van der Waals surface area (Å²) in [6.07, 6.45) is 0. The van der Waals surface area contributed by atoms with Crippen molar-refractivity contribution in [1.29, 1.82) is 10.5 Å². The van der Waals surface area contributed by atoms with Gasteiger partial charge >= 0.3 is 0 Å². The predicted molar refractivity (Wildman–Crippen MR) is 114 cm³/mol. The Hall–Kier alpha value is -2.85. The van der Waals surface area contributed by atoms with E-state index in [0.717, 1.165) is 21.1 Å². The number of hydrogen-bond acceptors (Lipinski definition) is 6. The van der Waals surface area contributed by atoms with Crippen molar-refractivity contribution in [2.45, 2.75) is 5.03 Å². The van der Waals surface area contributed by atoms with Gasteiger partial charge in [0.2, 0.25) is 5.91 Å². The summed E-state index contributed by atoms with van der Waals surface area (Å²) in [6.45, 7) is 0. The minimum Gasteiger partial charge on any atom is -0.324 e. The van der Waals surface area contributed by atoms with Crippen molar-refractivity contribution >= 4 is 56.4 Å². The molecule has 3 aromatic rings. The van der Waals surface area contributed by atoms with E-state index in [1.807, 2.05) is 35.7 Å². The third-order valence-corrected chi connectivity index (χ3v) is 6.31. The first-order valence-electron chi connectivity index (χ1n) is 7.95. The molecule has 1 aromatic carbocycles. The maximum atomic E-state index is 12.3. The van der Waals surface area contributed by atoms with E-state index in [4.69, 9.17) is 5.73 Å². The van der Waals surface area contributed by atoms with Gasteiger partial charge < -0.3 is 5.32 Å². The number of benzene rings is 1. The third-order valence-electron chi connectivity index (χ3n) is 3.73. The number of carbonyl (C=O) groups is 1. The predicted octanol–water partition coefficient (Wildman–Crippen LogP) is 4.05. The van der Waals surface area contributed by atoms with Gasteiger partial charge in [-0.25, -0.2) is 4.98 Å². The van der Waals surface area contributed by atoms with Crippen molar-refractivity contribution in [2.24, 2.45) is 0 Å². The topological polar surface area (TPSA) is 117 Å². The second-order valence-corrected chi connectivity index (χ2v) is 8.30. The highest BCUT2D eigenvalue weighted by Gasteiger charge is 2.24. The molecule has 0 aliphatic heterocycles. The molecule has 138 valence electrons. The van der Waals surface area contributed by atoms with Gasteiger partial charge in [0.15, 0.2) is 10.6 Å². The molecule has 3 rings (SSSR count). The normalized spacial score (nSPS) is 10.1. The number of H-pyrrole nitrogens is 1. The van der Waals surface area contributed by atoms with Crippen LogP contribution in [-0.4, -0.2) is 11.7 Å². The molecule has 6 nitrogen and oxygen atoms in total. The number of nitrogens with zero attached hydrogens (tertiary/aromatic N) is 2. The second-order valence-electron chi connectivity index (χ2n) is 5.51. The van der Waals surface area contributed by atoms with Crippen LogP contribution >= 0.6 is 39.0 Å². The summed E-state index contributed by atoms with van der Waals surface area (Å²) >= 11 is 5.96. The maximum Gasteiger partial charge on any atom is 0.289 e. The molecule has 0 saturated carbocycles.